The lowest BCUT2D eigenvalue weighted by Crippen LogP contribution is -2.14. The van der Waals surface area contributed by atoms with Gasteiger partial charge in [0, 0.05) is 21.8 Å². The Bertz CT molecular complexity index is 1130. The number of anilines is 1. The van der Waals surface area contributed by atoms with Crippen molar-refractivity contribution in [1.29, 1.82) is 0 Å². The van der Waals surface area contributed by atoms with Gasteiger partial charge in [-0.25, -0.2) is 14.1 Å². The lowest BCUT2D eigenvalue weighted by molar-refractivity contribution is 0.101. The molecule has 1 amide bonds. The second-order valence-corrected chi connectivity index (χ2v) is 7.26. The van der Waals surface area contributed by atoms with E-state index in [0.29, 0.717) is 22.9 Å². The molecule has 6 nitrogen and oxygen atoms in total. The number of carbonyl (C=O) groups excluding carboxylic acids is 1. The maximum Gasteiger partial charge on any atom is 0.295 e. The molecule has 1 heterocycles. The summed E-state index contributed by atoms with van der Waals surface area (Å²) in [6.45, 7) is 0. The van der Waals surface area contributed by atoms with Crippen LogP contribution in [0.4, 0.5) is 10.1 Å². The number of hydrogen-bond donors (Lipinski definition) is 1. The molecule has 0 aliphatic carbocycles. The van der Waals surface area contributed by atoms with Crippen molar-refractivity contribution in [2.75, 3.05) is 12.4 Å². The van der Waals surface area contributed by atoms with E-state index in [1.807, 2.05) is 24.3 Å². The van der Waals surface area contributed by atoms with Crippen molar-refractivity contribution in [1.82, 2.24) is 14.8 Å². The van der Waals surface area contributed by atoms with Crippen LogP contribution in [0.2, 0.25) is 0 Å². The van der Waals surface area contributed by atoms with E-state index < -0.39 is 5.91 Å². The summed E-state index contributed by atoms with van der Waals surface area (Å²) in [7, 11) is 1.55. The summed E-state index contributed by atoms with van der Waals surface area (Å²) >= 11 is 3.41. The summed E-state index contributed by atoms with van der Waals surface area (Å²) in [6, 6.07) is 20.3. The average molecular weight is 467 g/mol. The number of halogens is 2. The maximum atomic E-state index is 13.4. The SMILES string of the molecule is COc1cccc(NC(=O)c2nc(-c3ccc(Br)cc3)n(-c3ccc(F)cc3)n2)c1. The lowest BCUT2D eigenvalue weighted by atomic mass is 10.2. The van der Waals surface area contributed by atoms with Crippen molar-refractivity contribution in [2.24, 2.45) is 0 Å². The molecule has 1 N–H and O–H groups in total. The first-order valence-electron chi connectivity index (χ1n) is 8.98. The number of benzene rings is 3. The van der Waals surface area contributed by atoms with Crippen molar-refractivity contribution in [3.63, 3.8) is 0 Å². The highest BCUT2D eigenvalue weighted by Gasteiger charge is 2.19. The second-order valence-electron chi connectivity index (χ2n) is 6.34. The van der Waals surface area contributed by atoms with E-state index in [0.717, 1.165) is 10.0 Å². The Hall–Kier alpha value is -3.52. The Morgan fingerprint density at radius 1 is 1.07 bits per heavy atom. The smallest absolute Gasteiger partial charge is 0.295 e. The molecule has 0 radical (unpaired) electrons. The van der Waals surface area contributed by atoms with Gasteiger partial charge < -0.3 is 10.1 Å². The quantitative estimate of drug-likeness (QED) is 0.444. The third-order valence-electron chi connectivity index (χ3n) is 4.31. The van der Waals surface area contributed by atoms with Crippen LogP contribution in [-0.2, 0) is 0 Å². The van der Waals surface area contributed by atoms with Crippen LogP contribution < -0.4 is 10.1 Å². The Morgan fingerprint density at radius 2 is 1.80 bits per heavy atom. The molecule has 0 saturated heterocycles. The lowest BCUT2D eigenvalue weighted by Gasteiger charge is -2.06. The molecule has 0 aliphatic rings. The zero-order valence-electron chi connectivity index (χ0n) is 15.8. The van der Waals surface area contributed by atoms with Gasteiger partial charge in [0.25, 0.3) is 5.91 Å². The van der Waals surface area contributed by atoms with E-state index in [1.165, 1.54) is 16.8 Å². The molecular weight excluding hydrogens is 451 g/mol. The molecule has 150 valence electrons. The molecule has 3 aromatic carbocycles. The van der Waals surface area contributed by atoms with Gasteiger partial charge >= 0.3 is 0 Å². The summed E-state index contributed by atoms with van der Waals surface area (Å²) in [4.78, 5) is 17.2. The molecule has 0 unspecified atom stereocenters. The van der Waals surface area contributed by atoms with E-state index in [2.05, 4.69) is 31.3 Å². The molecular formula is C22H16BrFN4O2. The van der Waals surface area contributed by atoms with Gasteiger partial charge in [-0.2, -0.15) is 0 Å². The van der Waals surface area contributed by atoms with E-state index >= 15 is 0 Å². The average Bonchev–Trinajstić information content (AvgIpc) is 3.20. The number of methoxy groups -OCH3 is 1. The summed E-state index contributed by atoms with van der Waals surface area (Å²) in [5, 5.41) is 7.15. The van der Waals surface area contributed by atoms with Gasteiger partial charge in [0.1, 0.15) is 11.6 Å². The van der Waals surface area contributed by atoms with Gasteiger partial charge in [-0.3, -0.25) is 4.79 Å². The van der Waals surface area contributed by atoms with Crippen molar-refractivity contribution >= 4 is 27.5 Å². The van der Waals surface area contributed by atoms with Gasteiger partial charge in [-0.05, 0) is 48.5 Å². The Balaban J connectivity index is 1.73. The molecule has 0 saturated carbocycles. The monoisotopic (exact) mass is 466 g/mol. The largest absolute Gasteiger partial charge is 0.497 e. The molecule has 0 aliphatic heterocycles. The van der Waals surface area contributed by atoms with E-state index in [4.69, 9.17) is 4.74 Å². The van der Waals surface area contributed by atoms with Gasteiger partial charge in [0.05, 0.1) is 12.8 Å². The van der Waals surface area contributed by atoms with Gasteiger partial charge in [-0.15, -0.1) is 5.10 Å². The summed E-state index contributed by atoms with van der Waals surface area (Å²) in [6.07, 6.45) is 0. The van der Waals surface area contributed by atoms with Crippen molar-refractivity contribution in [2.45, 2.75) is 0 Å². The number of nitrogens with zero attached hydrogens (tertiary/aromatic N) is 3. The zero-order valence-corrected chi connectivity index (χ0v) is 17.4. The molecule has 0 bridgehead atoms. The summed E-state index contributed by atoms with van der Waals surface area (Å²) < 4.78 is 21.0. The molecule has 0 fully saturated rings. The van der Waals surface area contributed by atoms with Crippen LogP contribution in [0.15, 0.2) is 77.3 Å². The van der Waals surface area contributed by atoms with Crippen LogP contribution in [0.5, 0.6) is 5.75 Å². The van der Waals surface area contributed by atoms with Crippen LogP contribution >= 0.6 is 15.9 Å². The van der Waals surface area contributed by atoms with E-state index in [-0.39, 0.29) is 11.6 Å². The second kappa shape index (κ2) is 8.46. The minimum atomic E-state index is -0.470. The van der Waals surface area contributed by atoms with Gasteiger partial charge in [0.2, 0.25) is 5.82 Å². The zero-order chi connectivity index (χ0) is 21.1. The van der Waals surface area contributed by atoms with Crippen molar-refractivity contribution in [3.05, 3.63) is 88.9 Å². The molecule has 0 spiro atoms. The highest BCUT2D eigenvalue weighted by atomic mass is 79.9. The van der Waals surface area contributed by atoms with E-state index in [9.17, 15) is 9.18 Å². The van der Waals surface area contributed by atoms with Crippen LogP contribution in [0.1, 0.15) is 10.6 Å². The Morgan fingerprint density at radius 3 is 2.50 bits per heavy atom. The topological polar surface area (TPSA) is 69.0 Å². The first kappa shape index (κ1) is 19.8. The number of nitrogens with one attached hydrogen (secondary N) is 1. The third kappa shape index (κ3) is 4.23. The predicted octanol–water partition coefficient (Wildman–Crippen LogP) is 5.10. The van der Waals surface area contributed by atoms with Crippen LogP contribution in [-0.4, -0.2) is 27.8 Å². The molecule has 4 aromatic rings. The number of carbonyl (C=O) groups is 1. The fourth-order valence-electron chi connectivity index (χ4n) is 2.84. The van der Waals surface area contributed by atoms with Gasteiger partial charge in [0.15, 0.2) is 5.82 Å². The van der Waals surface area contributed by atoms with Crippen molar-refractivity contribution < 1.29 is 13.9 Å². The maximum absolute atomic E-state index is 13.4. The molecule has 8 heteroatoms. The third-order valence-corrected chi connectivity index (χ3v) is 4.84. The Labute approximate surface area is 180 Å². The minimum Gasteiger partial charge on any atom is -0.497 e. The molecule has 0 atom stereocenters. The number of rotatable bonds is 5. The normalized spacial score (nSPS) is 10.6. The fourth-order valence-corrected chi connectivity index (χ4v) is 3.11. The molecule has 4 rings (SSSR count). The number of hydrogen-bond acceptors (Lipinski definition) is 4. The van der Waals surface area contributed by atoms with Crippen LogP contribution in [0.3, 0.4) is 0 Å². The molecule has 30 heavy (non-hydrogen) atoms. The Kier molecular flexibility index (Phi) is 5.58. The number of amides is 1. The van der Waals surface area contributed by atoms with Crippen molar-refractivity contribution in [3.8, 4) is 22.8 Å². The number of ether oxygens (including phenoxy) is 1. The highest BCUT2D eigenvalue weighted by molar-refractivity contribution is 9.10. The number of aromatic nitrogens is 3. The van der Waals surface area contributed by atoms with Crippen LogP contribution in [0.25, 0.3) is 17.1 Å². The standard InChI is InChI=1S/C22H16BrFN4O2/c1-30-19-4-2-3-17(13-19)25-22(29)20-26-21(14-5-7-15(23)8-6-14)28(27-20)18-11-9-16(24)10-12-18/h2-13H,1H3,(H,25,29). The molecule has 1 aromatic heterocycles. The van der Waals surface area contributed by atoms with Gasteiger partial charge in [-0.1, -0.05) is 34.1 Å². The summed E-state index contributed by atoms with van der Waals surface area (Å²) in [5.41, 5.74) is 1.90. The fraction of sp³-hybridized carbons (Fsp3) is 0.0455. The highest BCUT2D eigenvalue weighted by Crippen LogP contribution is 2.24. The minimum absolute atomic E-state index is 0.0138. The first-order valence-corrected chi connectivity index (χ1v) is 9.77. The summed E-state index contributed by atoms with van der Waals surface area (Å²) in [5.74, 6) is 0.237. The van der Waals surface area contributed by atoms with Crippen LogP contribution in [0, 0.1) is 5.82 Å². The first-order chi connectivity index (χ1) is 14.5. The van der Waals surface area contributed by atoms with E-state index in [1.54, 1.807) is 43.5 Å². The predicted molar refractivity (Wildman–Crippen MR) is 115 cm³/mol.